The van der Waals surface area contributed by atoms with Crippen LogP contribution in [0, 0.1) is 0 Å². The van der Waals surface area contributed by atoms with Gasteiger partial charge in [0.2, 0.25) is 0 Å². The largest absolute Gasteiger partial charge is 0.478 e. The van der Waals surface area contributed by atoms with Crippen LogP contribution in [-0.4, -0.2) is 25.8 Å². The lowest BCUT2D eigenvalue weighted by Crippen LogP contribution is -2.17. The zero-order valence-electron chi connectivity index (χ0n) is 16.7. The minimum atomic E-state index is -1.12. The van der Waals surface area contributed by atoms with Gasteiger partial charge >= 0.3 is 5.97 Å². The van der Waals surface area contributed by atoms with Gasteiger partial charge in [0.25, 0.3) is 5.91 Å². The normalized spacial score (nSPS) is 10.2. The highest BCUT2D eigenvalue weighted by Crippen LogP contribution is 2.32. The molecule has 0 aliphatic rings. The Morgan fingerprint density at radius 1 is 1.00 bits per heavy atom. The van der Waals surface area contributed by atoms with E-state index in [9.17, 15) is 14.7 Å². The van der Waals surface area contributed by atoms with Crippen LogP contribution in [0.25, 0.3) is 10.9 Å². The number of benzene rings is 3. The second-order valence-corrected chi connectivity index (χ2v) is 7.56. The predicted octanol–water partition coefficient (Wildman–Crippen LogP) is 5.35. The quantitative estimate of drug-likeness (QED) is 0.374. The number of halogens is 1. The van der Waals surface area contributed by atoms with Crippen molar-refractivity contribution in [2.24, 2.45) is 7.05 Å². The third kappa shape index (κ3) is 4.84. The van der Waals surface area contributed by atoms with E-state index in [4.69, 9.17) is 8.95 Å². The van der Waals surface area contributed by atoms with Crippen LogP contribution in [0.15, 0.2) is 77.3 Å². The molecule has 7 nitrogen and oxygen atoms in total. The lowest BCUT2D eigenvalue weighted by atomic mass is 10.1. The summed E-state index contributed by atoms with van der Waals surface area (Å²) in [5.74, 6) is -0.223. The van der Waals surface area contributed by atoms with Crippen LogP contribution in [0.2, 0.25) is 0 Å². The van der Waals surface area contributed by atoms with Gasteiger partial charge in [-0.05, 0) is 42.5 Å². The number of hydrogen-bond acceptors (Lipinski definition) is 5. The van der Waals surface area contributed by atoms with Crippen molar-refractivity contribution < 1.29 is 23.6 Å². The first-order chi connectivity index (χ1) is 15.4. The Bertz CT molecular complexity index is 1290. The maximum absolute atomic E-state index is 13.0. The Hall–Kier alpha value is -3.56. The first kappa shape index (κ1) is 23.1. The minimum Gasteiger partial charge on any atom is -0.478 e. The van der Waals surface area contributed by atoms with Crippen LogP contribution in [0.1, 0.15) is 20.8 Å². The van der Waals surface area contributed by atoms with Gasteiger partial charge in [-0.1, -0.05) is 46.3 Å². The number of rotatable bonds is 5. The molecule has 3 aromatic carbocycles. The molecule has 1 amide bonds. The summed E-state index contributed by atoms with van der Waals surface area (Å²) in [6.07, 6.45) is 0. The molecular formula is C23H17BrN2O5S. The monoisotopic (exact) mass is 512 g/mol. The van der Waals surface area contributed by atoms with Gasteiger partial charge < -0.3 is 19.7 Å². The molecule has 0 saturated heterocycles. The summed E-state index contributed by atoms with van der Waals surface area (Å²) in [6, 6.07) is 21.4. The highest BCUT2D eigenvalue weighted by molar-refractivity contribution is 9.10. The number of aromatic nitrogens is 1. The van der Waals surface area contributed by atoms with E-state index in [1.807, 2.05) is 48.5 Å². The molecule has 1 heterocycles. The van der Waals surface area contributed by atoms with Crippen molar-refractivity contribution in [3.05, 3.63) is 88.5 Å². The van der Waals surface area contributed by atoms with Gasteiger partial charge in [0.1, 0.15) is 11.4 Å². The SMILES string of the molecule is Cn1c(C(=O)Nc2ccc(Br)cc2C(=O)O)cc2cccc(Oc3ccccc3)c21.O=S. The van der Waals surface area contributed by atoms with Crippen molar-refractivity contribution in [3.63, 3.8) is 0 Å². The lowest BCUT2D eigenvalue weighted by Gasteiger charge is -2.11. The number of fused-ring (bicyclic) bond motifs is 1. The third-order valence-electron chi connectivity index (χ3n) is 4.68. The van der Waals surface area contributed by atoms with Crippen molar-refractivity contribution >= 4 is 56.9 Å². The Labute approximate surface area is 197 Å². The number of amides is 1. The van der Waals surface area contributed by atoms with Gasteiger partial charge in [0, 0.05) is 16.9 Å². The summed E-state index contributed by atoms with van der Waals surface area (Å²) < 4.78 is 16.2. The van der Waals surface area contributed by atoms with Crippen molar-refractivity contribution in [1.29, 1.82) is 0 Å². The molecule has 0 bridgehead atoms. The number of aromatic carboxylic acids is 1. The third-order valence-corrected chi connectivity index (χ3v) is 5.18. The van der Waals surface area contributed by atoms with E-state index < -0.39 is 11.9 Å². The molecule has 0 radical (unpaired) electrons. The van der Waals surface area contributed by atoms with Crippen molar-refractivity contribution in [2.75, 3.05) is 5.32 Å². The standard InChI is InChI=1S/C23H17BrN2O4.OS/c1-26-19(22(27)25-18-11-10-15(24)13-17(18)23(28)29)12-14-6-5-9-20(21(14)26)30-16-7-3-2-4-8-16;1-2/h2-13H,1H3,(H,25,27)(H,28,29);. The molecule has 0 saturated carbocycles. The van der Waals surface area contributed by atoms with Gasteiger partial charge in [0.15, 0.2) is 18.3 Å². The highest BCUT2D eigenvalue weighted by Gasteiger charge is 2.19. The number of nitrogens with zero attached hydrogens (tertiary/aromatic N) is 1. The smallest absolute Gasteiger partial charge is 0.337 e. The van der Waals surface area contributed by atoms with E-state index in [1.54, 1.807) is 29.8 Å². The minimum absolute atomic E-state index is 0.00425. The molecule has 0 atom stereocenters. The van der Waals surface area contributed by atoms with Crippen LogP contribution < -0.4 is 10.1 Å². The average molecular weight is 513 g/mol. The van der Waals surface area contributed by atoms with E-state index in [0.29, 0.717) is 21.7 Å². The number of carboxylic acid groups (broad SMARTS) is 1. The number of carbonyl (C=O) groups is 2. The molecule has 0 aliphatic carbocycles. The van der Waals surface area contributed by atoms with E-state index in [0.717, 1.165) is 10.9 Å². The Kier molecular flexibility index (Phi) is 7.34. The van der Waals surface area contributed by atoms with Gasteiger partial charge in [-0.15, -0.1) is 0 Å². The van der Waals surface area contributed by atoms with E-state index >= 15 is 0 Å². The fourth-order valence-electron chi connectivity index (χ4n) is 3.28. The maximum atomic E-state index is 13.0. The van der Waals surface area contributed by atoms with Gasteiger partial charge in [0.05, 0.1) is 16.8 Å². The van der Waals surface area contributed by atoms with Crippen LogP contribution in [0.3, 0.4) is 0 Å². The molecule has 0 spiro atoms. The summed E-state index contributed by atoms with van der Waals surface area (Å²) in [5, 5.41) is 13.0. The lowest BCUT2D eigenvalue weighted by molar-refractivity contribution is 0.0698. The molecule has 1 aromatic heterocycles. The highest BCUT2D eigenvalue weighted by atomic mass is 79.9. The fourth-order valence-corrected chi connectivity index (χ4v) is 3.64. The van der Waals surface area contributed by atoms with E-state index in [-0.39, 0.29) is 11.3 Å². The topological polar surface area (TPSA) is 97.6 Å². The maximum Gasteiger partial charge on any atom is 0.337 e. The number of para-hydroxylation sites is 2. The molecule has 162 valence electrons. The predicted molar refractivity (Wildman–Crippen MR) is 127 cm³/mol. The number of aryl methyl sites for hydroxylation is 1. The molecule has 0 aliphatic heterocycles. The number of carboxylic acids is 1. The summed E-state index contributed by atoms with van der Waals surface area (Å²) in [6.45, 7) is 0. The van der Waals surface area contributed by atoms with Crippen molar-refractivity contribution in [1.82, 2.24) is 4.57 Å². The number of anilines is 1. The number of ether oxygens (including phenoxy) is 1. The molecule has 0 unspecified atom stereocenters. The zero-order chi connectivity index (χ0) is 23.3. The summed E-state index contributed by atoms with van der Waals surface area (Å²) in [5.41, 5.74) is 1.38. The Morgan fingerprint density at radius 3 is 2.41 bits per heavy atom. The Balaban J connectivity index is 0.00000141. The van der Waals surface area contributed by atoms with Crippen LogP contribution >= 0.6 is 15.9 Å². The van der Waals surface area contributed by atoms with Crippen molar-refractivity contribution in [3.8, 4) is 11.5 Å². The van der Waals surface area contributed by atoms with Crippen molar-refractivity contribution in [2.45, 2.75) is 0 Å². The molecule has 9 heteroatoms. The second kappa shape index (κ2) is 10.2. The molecule has 4 aromatic rings. The number of hydrogen-bond donors (Lipinski definition) is 2. The van der Waals surface area contributed by atoms with Gasteiger partial charge in [-0.2, -0.15) is 4.21 Å². The Morgan fingerprint density at radius 2 is 1.72 bits per heavy atom. The fraction of sp³-hybridized carbons (Fsp3) is 0.0435. The molecule has 32 heavy (non-hydrogen) atoms. The van der Waals surface area contributed by atoms with Gasteiger partial charge in [-0.25, -0.2) is 4.79 Å². The zero-order valence-corrected chi connectivity index (χ0v) is 19.1. The average Bonchev–Trinajstić information content (AvgIpc) is 3.14. The molecular weight excluding hydrogens is 496 g/mol. The summed E-state index contributed by atoms with van der Waals surface area (Å²) >= 11 is 6.09. The van der Waals surface area contributed by atoms with E-state index in [2.05, 4.69) is 33.8 Å². The summed E-state index contributed by atoms with van der Waals surface area (Å²) in [4.78, 5) is 24.5. The first-order valence-corrected chi connectivity index (χ1v) is 10.4. The second-order valence-electron chi connectivity index (χ2n) is 6.65. The first-order valence-electron chi connectivity index (χ1n) is 9.26. The van der Waals surface area contributed by atoms with Crippen LogP contribution in [0.4, 0.5) is 5.69 Å². The molecule has 2 N–H and O–H groups in total. The summed E-state index contributed by atoms with van der Waals surface area (Å²) in [7, 11) is 1.77. The van der Waals surface area contributed by atoms with Crippen LogP contribution in [0.5, 0.6) is 11.5 Å². The van der Waals surface area contributed by atoms with E-state index in [1.165, 1.54) is 6.07 Å². The van der Waals surface area contributed by atoms with Gasteiger partial charge in [-0.3, -0.25) is 4.79 Å². The molecule has 0 fully saturated rings. The number of nitrogens with one attached hydrogen (secondary N) is 1. The molecule has 4 rings (SSSR count). The van der Waals surface area contributed by atoms with Crippen LogP contribution in [-0.2, 0) is 19.6 Å². The number of carbonyl (C=O) groups excluding carboxylic acids is 1.